The number of alkyl halides is 1. The second-order valence-electron chi connectivity index (χ2n) is 2.50. The molecule has 66 valence electrons. The van der Waals surface area contributed by atoms with Crippen molar-refractivity contribution in [3.05, 3.63) is 0 Å². The van der Waals surface area contributed by atoms with Gasteiger partial charge in [0, 0.05) is 25.2 Å². The monoisotopic (exact) mass is 269 g/mol. The second kappa shape index (κ2) is 7.00. The van der Waals surface area contributed by atoms with Crippen molar-refractivity contribution in [1.82, 2.24) is 5.32 Å². The molecule has 3 nitrogen and oxygen atoms in total. The number of nitrogens with zero attached hydrogens (tertiary/aromatic N) is 1. The third kappa shape index (κ3) is 6.71. The molecular weight excluding hydrogens is 253 g/mol. The first-order valence-electron chi connectivity index (χ1n) is 3.72. The summed E-state index contributed by atoms with van der Waals surface area (Å²) in [5, 5.41) is 3.08. The van der Waals surface area contributed by atoms with Crippen LogP contribution in [-0.4, -0.2) is 30.4 Å². The summed E-state index contributed by atoms with van der Waals surface area (Å²) in [5.41, 5.74) is 5.40. The summed E-state index contributed by atoms with van der Waals surface area (Å²) in [6, 6.07) is 0. The Morgan fingerprint density at radius 1 is 1.73 bits per heavy atom. The number of nitrogens with two attached hydrogens (primary N) is 1. The maximum Gasteiger partial charge on any atom is 0.113 e. The van der Waals surface area contributed by atoms with E-state index < -0.39 is 0 Å². The van der Waals surface area contributed by atoms with Crippen molar-refractivity contribution in [2.45, 2.75) is 11.0 Å². The lowest BCUT2D eigenvalue weighted by molar-refractivity contribution is 0.687. The number of hydrogen-bond donors (Lipinski definition) is 2. The van der Waals surface area contributed by atoms with Crippen LogP contribution < -0.4 is 11.1 Å². The van der Waals surface area contributed by atoms with Crippen molar-refractivity contribution < 1.29 is 0 Å². The van der Waals surface area contributed by atoms with E-state index in [2.05, 4.69) is 39.8 Å². The van der Waals surface area contributed by atoms with Gasteiger partial charge in [-0.2, -0.15) is 0 Å². The molecule has 0 saturated heterocycles. The van der Waals surface area contributed by atoms with Gasteiger partial charge in [0.15, 0.2) is 0 Å². The molecule has 0 aromatic rings. The van der Waals surface area contributed by atoms with Gasteiger partial charge < -0.3 is 11.1 Å². The molecule has 0 rings (SSSR count). The van der Waals surface area contributed by atoms with E-state index in [9.17, 15) is 0 Å². The van der Waals surface area contributed by atoms with E-state index in [0.29, 0.717) is 12.5 Å². The Balaban J connectivity index is 3.54. The zero-order valence-corrected chi connectivity index (χ0v) is 9.21. The van der Waals surface area contributed by atoms with E-state index >= 15 is 0 Å². The molecule has 0 aromatic carbocycles. The maximum atomic E-state index is 5.40. The summed E-state index contributed by atoms with van der Waals surface area (Å²) >= 11 is 2.22. The topological polar surface area (TPSA) is 50.4 Å². The maximum absolute atomic E-state index is 5.40. The average Bonchev–Trinajstić information content (AvgIpc) is 2.01. The van der Waals surface area contributed by atoms with Crippen LogP contribution in [0, 0.1) is 5.92 Å². The van der Waals surface area contributed by atoms with E-state index in [4.69, 9.17) is 5.73 Å². The molecule has 1 unspecified atom stereocenters. The highest BCUT2D eigenvalue weighted by Crippen LogP contribution is 1.99. The lowest BCUT2D eigenvalue weighted by Crippen LogP contribution is -2.18. The highest BCUT2D eigenvalue weighted by molar-refractivity contribution is 14.1. The minimum absolute atomic E-state index is 0.229. The Kier molecular flexibility index (Phi) is 7.20. The van der Waals surface area contributed by atoms with Crippen molar-refractivity contribution in [1.29, 1.82) is 0 Å². The number of halogens is 1. The summed E-state index contributed by atoms with van der Waals surface area (Å²) in [7, 11) is 1.94. The summed E-state index contributed by atoms with van der Waals surface area (Å²) in [6.45, 7) is 3.71. The normalized spacial score (nSPS) is 17.1. The predicted octanol–water partition coefficient (Wildman–Crippen LogP) is 0.633. The highest BCUT2D eigenvalue weighted by atomic mass is 127. The molecule has 0 aliphatic heterocycles. The van der Waals surface area contributed by atoms with Gasteiger partial charge in [0.2, 0.25) is 0 Å². The predicted molar refractivity (Wildman–Crippen MR) is 58.4 cm³/mol. The van der Waals surface area contributed by atoms with E-state index in [0.717, 1.165) is 6.54 Å². The molecule has 0 amide bonds. The molecular formula is C7H16IN3. The number of aliphatic imine (C=N–C) groups is 1. The van der Waals surface area contributed by atoms with Crippen LogP contribution in [0.15, 0.2) is 4.99 Å². The Morgan fingerprint density at radius 2 is 2.36 bits per heavy atom. The minimum atomic E-state index is 0.229. The van der Waals surface area contributed by atoms with Gasteiger partial charge in [0.25, 0.3) is 0 Å². The Hall–Kier alpha value is 0.320. The fourth-order valence-corrected chi connectivity index (χ4v) is 0.862. The molecule has 0 aliphatic rings. The molecule has 4 heteroatoms. The largest absolute Gasteiger partial charge is 0.328 e. The van der Waals surface area contributed by atoms with Gasteiger partial charge in [-0.05, 0) is 7.05 Å². The number of hydrogen-bond acceptors (Lipinski definition) is 3. The third-order valence-electron chi connectivity index (χ3n) is 1.22. The quantitative estimate of drug-likeness (QED) is 0.333. The first-order valence-corrected chi connectivity index (χ1v) is 4.97. The summed E-state index contributed by atoms with van der Waals surface area (Å²) in [4.78, 5) is 4.26. The van der Waals surface area contributed by atoms with Crippen LogP contribution in [0.1, 0.15) is 6.92 Å². The smallest absolute Gasteiger partial charge is 0.113 e. The SMILES string of the molecule is CNC[C@H](C)/C=N\C(I)CN. The van der Waals surface area contributed by atoms with Crippen molar-refractivity contribution in [3.63, 3.8) is 0 Å². The van der Waals surface area contributed by atoms with Crippen LogP contribution in [0.3, 0.4) is 0 Å². The Morgan fingerprint density at radius 3 is 2.82 bits per heavy atom. The van der Waals surface area contributed by atoms with Gasteiger partial charge in [-0.1, -0.05) is 29.5 Å². The van der Waals surface area contributed by atoms with E-state index in [-0.39, 0.29) is 4.05 Å². The van der Waals surface area contributed by atoms with Crippen molar-refractivity contribution in [3.8, 4) is 0 Å². The standard InChI is InChI=1S/C7H16IN3/c1-6(4-10-2)5-11-7(8)3-9/h5-7,10H,3-4,9H2,1-2H3/b11-5-/t6-,7?/m0/s1. The van der Waals surface area contributed by atoms with E-state index in [1.165, 1.54) is 0 Å². The van der Waals surface area contributed by atoms with Crippen LogP contribution in [0.5, 0.6) is 0 Å². The van der Waals surface area contributed by atoms with Crippen molar-refractivity contribution in [2.75, 3.05) is 20.1 Å². The summed E-state index contributed by atoms with van der Waals surface area (Å²) in [5.74, 6) is 0.490. The van der Waals surface area contributed by atoms with Crippen LogP contribution in [0.2, 0.25) is 0 Å². The number of nitrogens with one attached hydrogen (secondary N) is 1. The molecule has 0 spiro atoms. The molecule has 2 atom stereocenters. The van der Waals surface area contributed by atoms with Gasteiger partial charge in [-0.15, -0.1) is 0 Å². The molecule has 3 N–H and O–H groups in total. The zero-order chi connectivity index (χ0) is 8.69. The molecule has 0 radical (unpaired) electrons. The molecule has 0 fully saturated rings. The summed E-state index contributed by atoms with van der Waals surface area (Å²) in [6.07, 6.45) is 1.96. The van der Waals surface area contributed by atoms with Gasteiger partial charge in [0.05, 0.1) is 0 Å². The van der Waals surface area contributed by atoms with Crippen LogP contribution in [0.4, 0.5) is 0 Å². The molecule has 11 heavy (non-hydrogen) atoms. The third-order valence-corrected chi connectivity index (χ3v) is 2.05. The summed E-state index contributed by atoms with van der Waals surface area (Å²) < 4.78 is 0.229. The van der Waals surface area contributed by atoms with E-state index in [1.807, 2.05) is 13.3 Å². The van der Waals surface area contributed by atoms with Gasteiger partial charge in [-0.25, -0.2) is 0 Å². The molecule has 0 aliphatic carbocycles. The van der Waals surface area contributed by atoms with Crippen molar-refractivity contribution in [2.24, 2.45) is 16.6 Å². The van der Waals surface area contributed by atoms with Gasteiger partial charge in [-0.3, -0.25) is 4.99 Å². The van der Waals surface area contributed by atoms with Gasteiger partial charge >= 0.3 is 0 Å². The molecule has 0 saturated carbocycles. The Labute approximate surface area is 82.0 Å². The van der Waals surface area contributed by atoms with Crippen LogP contribution >= 0.6 is 22.6 Å². The molecule has 0 bridgehead atoms. The van der Waals surface area contributed by atoms with Crippen molar-refractivity contribution >= 4 is 28.8 Å². The lowest BCUT2D eigenvalue weighted by Gasteiger charge is -2.04. The first kappa shape index (κ1) is 11.3. The number of rotatable bonds is 5. The zero-order valence-electron chi connectivity index (χ0n) is 7.05. The Bertz CT molecular complexity index is 116. The minimum Gasteiger partial charge on any atom is -0.328 e. The highest BCUT2D eigenvalue weighted by Gasteiger charge is 1.97. The van der Waals surface area contributed by atoms with Gasteiger partial charge in [0.1, 0.15) is 4.05 Å². The molecule has 0 heterocycles. The lowest BCUT2D eigenvalue weighted by atomic mass is 10.2. The second-order valence-corrected chi connectivity index (χ2v) is 3.94. The average molecular weight is 269 g/mol. The van der Waals surface area contributed by atoms with Crippen LogP contribution in [-0.2, 0) is 0 Å². The molecule has 0 aromatic heterocycles. The van der Waals surface area contributed by atoms with Crippen LogP contribution in [0.25, 0.3) is 0 Å². The fraction of sp³-hybridized carbons (Fsp3) is 0.857. The fourth-order valence-electron chi connectivity index (χ4n) is 0.676. The first-order chi connectivity index (χ1) is 5.20. The van der Waals surface area contributed by atoms with E-state index in [1.54, 1.807) is 0 Å².